The highest BCUT2D eigenvalue weighted by Gasteiger charge is 2.15. The Hall–Kier alpha value is -3.88. The summed E-state index contributed by atoms with van der Waals surface area (Å²) in [7, 11) is 0. The molecule has 0 radical (unpaired) electrons. The Morgan fingerprint density at radius 2 is 1.77 bits per heavy atom. The Bertz CT molecular complexity index is 1130. The van der Waals surface area contributed by atoms with E-state index in [1.807, 2.05) is 12.1 Å². The number of alkyl carbamates (subject to hydrolysis) is 1. The summed E-state index contributed by atoms with van der Waals surface area (Å²) in [6, 6.07) is 13.9. The standard InChI is InChI=1S/C22H25N5O4/c1-22(2,3)31-21(30)23-13-12-14-8-10-15(11-9-14)18(28)26-27-20-24-17-7-5-4-6-16(17)19(29)25-20/h4-11H,12-13H2,1-3H3,(H,23,30)(H,26,28)(H2,24,25,27,29). The van der Waals surface area contributed by atoms with Gasteiger partial charge in [0.2, 0.25) is 5.95 Å². The molecule has 3 rings (SSSR count). The number of aromatic nitrogens is 2. The van der Waals surface area contributed by atoms with Crippen LogP contribution in [0.2, 0.25) is 0 Å². The highest BCUT2D eigenvalue weighted by molar-refractivity contribution is 5.94. The fourth-order valence-electron chi connectivity index (χ4n) is 2.78. The Kier molecular flexibility index (Phi) is 6.54. The molecule has 4 N–H and O–H groups in total. The number of ether oxygens (including phenoxy) is 1. The van der Waals surface area contributed by atoms with Gasteiger partial charge in [0.1, 0.15) is 5.60 Å². The van der Waals surface area contributed by atoms with Gasteiger partial charge in [-0.2, -0.15) is 0 Å². The first kappa shape index (κ1) is 21.8. The fourth-order valence-corrected chi connectivity index (χ4v) is 2.78. The number of nitrogens with zero attached hydrogens (tertiary/aromatic N) is 1. The third kappa shape index (κ3) is 6.30. The number of nitrogens with one attached hydrogen (secondary N) is 4. The SMILES string of the molecule is CC(C)(C)OC(=O)NCCc1ccc(C(=O)NNc2nc3ccccc3c(=O)[nH]2)cc1. The van der Waals surface area contributed by atoms with E-state index in [0.29, 0.717) is 29.4 Å². The van der Waals surface area contributed by atoms with Crippen molar-refractivity contribution in [3.63, 3.8) is 0 Å². The first-order chi connectivity index (χ1) is 14.7. The molecule has 31 heavy (non-hydrogen) atoms. The fraction of sp³-hybridized carbons (Fsp3) is 0.273. The highest BCUT2D eigenvalue weighted by Crippen LogP contribution is 2.09. The van der Waals surface area contributed by atoms with Crippen LogP contribution in [0.4, 0.5) is 10.7 Å². The van der Waals surface area contributed by atoms with Crippen LogP contribution in [-0.2, 0) is 11.2 Å². The zero-order chi connectivity index (χ0) is 22.4. The number of anilines is 1. The van der Waals surface area contributed by atoms with E-state index in [0.717, 1.165) is 5.56 Å². The number of aromatic amines is 1. The number of amides is 2. The Morgan fingerprint density at radius 3 is 2.48 bits per heavy atom. The molecule has 1 heterocycles. The summed E-state index contributed by atoms with van der Waals surface area (Å²) in [5.41, 5.74) is 6.21. The predicted molar refractivity (Wildman–Crippen MR) is 118 cm³/mol. The van der Waals surface area contributed by atoms with E-state index in [2.05, 4.69) is 26.1 Å². The molecule has 3 aromatic rings. The molecule has 0 aliphatic carbocycles. The minimum atomic E-state index is -0.539. The zero-order valence-electron chi connectivity index (χ0n) is 17.6. The van der Waals surface area contributed by atoms with Crippen LogP contribution < -0.4 is 21.7 Å². The van der Waals surface area contributed by atoms with Crippen molar-refractivity contribution in [1.29, 1.82) is 0 Å². The molecule has 162 valence electrons. The van der Waals surface area contributed by atoms with Crippen LogP contribution in [-0.4, -0.2) is 34.1 Å². The van der Waals surface area contributed by atoms with Crippen LogP contribution in [0.5, 0.6) is 0 Å². The number of carbonyl (C=O) groups is 2. The van der Waals surface area contributed by atoms with Gasteiger partial charge < -0.3 is 10.1 Å². The Balaban J connectivity index is 1.51. The summed E-state index contributed by atoms with van der Waals surface area (Å²) in [6.07, 6.45) is 0.136. The van der Waals surface area contributed by atoms with E-state index < -0.39 is 11.7 Å². The van der Waals surface area contributed by atoms with Gasteiger partial charge in [0, 0.05) is 12.1 Å². The number of para-hydroxylation sites is 1. The van der Waals surface area contributed by atoms with Crippen molar-refractivity contribution in [1.82, 2.24) is 20.7 Å². The predicted octanol–water partition coefficient (Wildman–Crippen LogP) is 2.75. The second-order valence-corrected chi connectivity index (χ2v) is 7.89. The van der Waals surface area contributed by atoms with Crippen LogP contribution in [0.15, 0.2) is 53.3 Å². The van der Waals surface area contributed by atoms with E-state index in [9.17, 15) is 14.4 Å². The maximum Gasteiger partial charge on any atom is 0.407 e. The quantitative estimate of drug-likeness (QED) is 0.452. The van der Waals surface area contributed by atoms with Crippen molar-refractivity contribution in [2.24, 2.45) is 0 Å². The average molecular weight is 423 g/mol. The number of benzene rings is 2. The van der Waals surface area contributed by atoms with Gasteiger partial charge >= 0.3 is 6.09 Å². The number of rotatable bonds is 6. The molecule has 0 aliphatic heterocycles. The molecule has 0 aliphatic rings. The van der Waals surface area contributed by atoms with E-state index in [-0.39, 0.29) is 17.4 Å². The molecule has 0 unspecified atom stereocenters. The third-order valence-corrected chi connectivity index (χ3v) is 4.21. The van der Waals surface area contributed by atoms with Gasteiger partial charge in [0.25, 0.3) is 11.5 Å². The number of H-pyrrole nitrogens is 1. The maximum atomic E-state index is 12.3. The lowest BCUT2D eigenvalue weighted by Gasteiger charge is -2.19. The molecule has 0 saturated heterocycles. The molecule has 9 nitrogen and oxygen atoms in total. The highest BCUT2D eigenvalue weighted by atomic mass is 16.6. The van der Waals surface area contributed by atoms with Crippen molar-refractivity contribution in [2.45, 2.75) is 32.8 Å². The first-order valence-corrected chi connectivity index (χ1v) is 9.82. The third-order valence-electron chi connectivity index (χ3n) is 4.21. The van der Waals surface area contributed by atoms with Gasteiger partial charge in [-0.3, -0.25) is 25.4 Å². The average Bonchev–Trinajstić information content (AvgIpc) is 2.71. The topological polar surface area (TPSA) is 125 Å². The summed E-state index contributed by atoms with van der Waals surface area (Å²) in [4.78, 5) is 42.9. The second kappa shape index (κ2) is 9.29. The van der Waals surface area contributed by atoms with Crippen molar-refractivity contribution in [3.8, 4) is 0 Å². The lowest BCUT2D eigenvalue weighted by atomic mass is 10.1. The normalized spacial score (nSPS) is 11.1. The first-order valence-electron chi connectivity index (χ1n) is 9.82. The molecule has 2 amide bonds. The summed E-state index contributed by atoms with van der Waals surface area (Å²) < 4.78 is 5.18. The monoisotopic (exact) mass is 423 g/mol. The van der Waals surface area contributed by atoms with Crippen LogP contribution >= 0.6 is 0 Å². The zero-order valence-corrected chi connectivity index (χ0v) is 17.6. The number of hydrogen-bond acceptors (Lipinski definition) is 6. The minimum Gasteiger partial charge on any atom is -0.444 e. The number of fused-ring (bicyclic) bond motifs is 1. The summed E-state index contributed by atoms with van der Waals surface area (Å²) in [5, 5.41) is 3.16. The van der Waals surface area contributed by atoms with Crippen LogP contribution in [0.25, 0.3) is 10.9 Å². The number of hydrogen-bond donors (Lipinski definition) is 4. The van der Waals surface area contributed by atoms with Gasteiger partial charge in [0.05, 0.1) is 10.9 Å². The Morgan fingerprint density at radius 1 is 1.06 bits per heavy atom. The van der Waals surface area contributed by atoms with Crippen LogP contribution in [0.3, 0.4) is 0 Å². The van der Waals surface area contributed by atoms with Gasteiger partial charge in [-0.25, -0.2) is 9.78 Å². The molecule has 1 aromatic heterocycles. The van der Waals surface area contributed by atoms with Gasteiger partial charge in [-0.1, -0.05) is 24.3 Å². The van der Waals surface area contributed by atoms with Crippen molar-refractivity contribution in [2.75, 3.05) is 12.0 Å². The molecule has 0 atom stereocenters. The van der Waals surface area contributed by atoms with E-state index in [1.54, 1.807) is 57.2 Å². The molecular weight excluding hydrogens is 398 g/mol. The lowest BCUT2D eigenvalue weighted by molar-refractivity contribution is 0.0528. The molecule has 0 fully saturated rings. The lowest BCUT2D eigenvalue weighted by Crippen LogP contribution is -2.33. The minimum absolute atomic E-state index is 0.141. The van der Waals surface area contributed by atoms with Crippen LogP contribution in [0.1, 0.15) is 36.7 Å². The van der Waals surface area contributed by atoms with Crippen molar-refractivity contribution >= 4 is 28.9 Å². The maximum absolute atomic E-state index is 12.3. The van der Waals surface area contributed by atoms with E-state index in [1.165, 1.54) is 0 Å². The number of carbonyl (C=O) groups excluding carboxylic acids is 2. The smallest absolute Gasteiger partial charge is 0.407 e. The summed E-state index contributed by atoms with van der Waals surface area (Å²) in [6.45, 7) is 5.83. The van der Waals surface area contributed by atoms with Gasteiger partial charge in [-0.15, -0.1) is 0 Å². The van der Waals surface area contributed by atoms with Crippen molar-refractivity contribution in [3.05, 3.63) is 70.0 Å². The Labute approximate surface area is 179 Å². The van der Waals surface area contributed by atoms with Crippen molar-refractivity contribution < 1.29 is 14.3 Å². The summed E-state index contributed by atoms with van der Waals surface area (Å²) >= 11 is 0. The molecule has 0 bridgehead atoms. The van der Waals surface area contributed by atoms with Gasteiger partial charge in [-0.05, 0) is 57.0 Å². The molecule has 2 aromatic carbocycles. The van der Waals surface area contributed by atoms with E-state index >= 15 is 0 Å². The summed E-state index contributed by atoms with van der Waals surface area (Å²) in [5.74, 6) is -0.240. The number of hydrazine groups is 1. The largest absolute Gasteiger partial charge is 0.444 e. The molecule has 0 spiro atoms. The van der Waals surface area contributed by atoms with Crippen LogP contribution in [0, 0.1) is 0 Å². The second-order valence-electron chi connectivity index (χ2n) is 7.89. The van der Waals surface area contributed by atoms with E-state index in [4.69, 9.17) is 4.74 Å². The van der Waals surface area contributed by atoms with Gasteiger partial charge in [0.15, 0.2) is 0 Å². The molecule has 0 saturated carbocycles. The molecule has 9 heteroatoms. The molecular formula is C22H25N5O4.